The van der Waals surface area contributed by atoms with Crippen LogP contribution in [0.1, 0.15) is 44.9 Å². The molecule has 0 spiro atoms. The molecule has 0 radical (unpaired) electrons. The second kappa shape index (κ2) is 10.7. The number of hydrogen-bond acceptors (Lipinski definition) is 4. The van der Waals surface area contributed by atoms with Crippen LogP contribution in [0.2, 0.25) is 0 Å². The van der Waals surface area contributed by atoms with Crippen LogP contribution >= 0.6 is 45.2 Å². The van der Waals surface area contributed by atoms with Crippen LogP contribution in [0.25, 0.3) is 0 Å². The maximum absolute atomic E-state index is 12.1. The highest BCUT2D eigenvalue weighted by Crippen LogP contribution is 2.39. The molecular formula is C14H24I2N2O4. The van der Waals surface area contributed by atoms with Crippen molar-refractivity contribution >= 4 is 57.4 Å². The van der Waals surface area contributed by atoms with Crippen molar-refractivity contribution in [2.75, 3.05) is 21.9 Å². The molecule has 128 valence electrons. The Hall–Kier alpha value is 0. The number of alkyl halides is 2. The zero-order chi connectivity index (χ0) is 16.4. The summed E-state index contributed by atoms with van der Waals surface area (Å²) < 4.78 is 2.25. The van der Waals surface area contributed by atoms with Crippen molar-refractivity contribution in [2.45, 2.75) is 44.9 Å². The fourth-order valence-electron chi connectivity index (χ4n) is 3.07. The third-order valence-electron chi connectivity index (χ3n) is 4.05. The summed E-state index contributed by atoms with van der Waals surface area (Å²) in [5, 5.41) is 0. The molecule has 0 unspecified atom stereocenters. The molecule has 0 aromatic rings. The minimum absolute atomic E-state index is 0.151. The highest BCUT2D eigenvalue weighted by atomic mass is 127. The van der Waals surface area contributed by atoms with Crippen molar-refractivity contribution in [3.8, 4) is 0 Å². The fourth-order valence-corrected chi connectivity index (χ4v) is 3.83. The Morgan fingerprint density at radius 1 is 1.09 bits per heavy atom. The van der Waals surface area contributed by atoms with Crippen LogP contribution in [0.5, 0.6) is 0 Å². The molecule has 0 bridgehead atoms. The number of carbonyl (C=O) groups is 2. The smallest absolute Gasteiger partial charge is 0.332 e. The summed E-state index contributed by atoms with van der Waals surface area (Å²) in [7, 11) is 0. The first-order valence-corrected chi connectivity index (χ1v) is 10.6. The molecular weight excluding hydrogens is 514 g/mol. The van der Waals surface area contributed by atoms with Crippen LogP contribution in [0.4, 0.5) is 9.59 Å². The molecule has 1 heterocycles. The summed E-state index contributed by atoms with van der Waals surface area (Å²) in [6.45, 7) is 1.30. The lowest BCUT2D eigenvalue weighted by molar-refractivity contribution is -0.186. The molecule has 1 aliphatic heterocycles. The number of rotatable bonds is 6. The predicted molar refractivity (Wildman–Crippen MR) is 101 cm³/mol. The Kier molecular flexibility index (Phi) is 9.76. The topological polar surface area (TPSA) is 81.9 Å². The zero-order valence-electron chi connectivity index (χ0n) is 12.7. The Balaban J connectivity index is 2.73. The van der Waals surface area contributed by atoms with Crippen LogP contribution in [0.15, 0.2) is 0 Å². The second-order valence-corrected chi connectivity index (χ2v) is 7.87. The molecule has 0 aliphatic carbocycles. The molecule has 6 nitrogen and oxygen atoms in total. The van der Waals surface area contributed by atoms with E-state index in [2.05, 4.69) is 55.0 Å². The monoisotopic (exact) mass is 538 g/mol. The first-order chi connectivity index (χ1) is 10.5. The van der Waals surface area contributed by atoms with E-state index in [1.54, 1.807) is 4.90 Å². The fraction of sp³-hybridized carbons (Fsp3) is 0.857. The average molecular weight is 538 g/mol. The van der Waals surface area contributed by atoms with Crippen molar-refractivity contribution in [3.63, 3.8) is 0 Å². The van der Waals surface area contributed by atoms with E-state index in [0.717, 1.165) is 53.8 Å². The normalized spacial score (nSPS) is 17.6. The molecule has 0 aromatic heterocycles. The summed E-state index contributed by atoms with van der Waals surface area (Å²) in [4.78, 5) is 33.0. The van der Waals surface area contributed by atoms with Gasteiger partial charge in [0.25, 0.3) is 0 Å². The number of amides is 2. The maximum Gasteiger partial charge on any atom is 0.453 e. The van der Waals surface area contributed by atoms with Crippen LogP contribution in [-0.2, 0) is 9.78 Å². The molecule has 8 heteroatoms. The van der Waals surface area contributed by atoms with Crippen LogP contribution in [0, 0.1) is 5.41 Å². The first kappa shape index (κ1) is 20.0. The van der Waals surface area contributed by atoms with E-state index in [9.17, 15) is 9.59 Å². The lowest BCUT2D eigenvalue weighted by Crippen LogP contribution is -2.41. The van der Waals surface area contributed by atoms with Gasteiger partial charge >= 0.3 is 12.2 Å². The highest BCUT2D eigenvalue weighted by Gasteiger charge is 2.35. The van der Waals surface area contributed by atoms with Gasteiger partial charge < -0.3 is 10.6 Å². The molecule has 0 saturated carbocycles. The SMILES string of the molecule is NC(=O)OOC(=O)N1CCCCC(CCCI)(CCCI)C1. The maximum atomic E-state index is 12.1. The predicted octanol–water partition coefficient (Wildman–Crippen LogP) is 4.04. The number of carbonyl (C=O) groups excluding carboxylic acids is 2. The minimum Gasteiger partial charge on any atom is -0.332 e. The molecule has 22 heavy (non-hydrogen) atoms. The van der Waals surface area contributed by atoms with Gasteiger partial charge in [0.2, 0.25) is 0 Å². The summed E-state index contributed by atoms with van der Waals surface area (Å²) in [6.07, 6.45) is 6.02. The lowest BCUT2D eigenvalue weighted by atomic mass is 9.75. The van der Waals surface area contributed by atoms with Gasteiger partial charge in [-0.2, -0.15) is 0 Å². The van der Waals surface area contributed by atoms with Crippen molar-refractivity contribution < 1.29 is 19.4 Å². The standard InChI is InChI=1S/C14H24I2N2O4/c15-8-3-6-14(7-4-9-16)5-1-2-10-18(11-14)13(20)22-21-12(17)19/h1-11H2,(H2,17,19). The van der Waals surface area contributed by atoms with Crippen molar-refractivity contribution in [1.82, 2.24) is 4.90 Å². The lowest BCUT2D eigenvalue weighted by Gasteiger charge is -2.36. The minimum atomic E-state index is -1.11. The van der Waals surface area contributed by atoms with Gasteiger partial charge in [0, 0.05) is 13.1 Å². The second-order valence-electron chi connectivity index (χ2n) is 5.72. The summed E-state index contributed by atoms with van der Waals surface area (Å²) in [6, 6.07) is 0. The van der Waals surface area contributed by atoms with Gasteiger partial charge in [-0.25, -0.2) is 19.4 Å². The Bertz CT molecular complexity index is 361. The van der Waals surface area contributed by atoms with Gasteiger partial charge in [-0.1, -0.05) is 51.6 Å². The molecule has 1 saturated heterocycles. The van der Waals surface area contributed by atoms with E-state index >= 15 is 0 Å². The van der Waals surface area contributed by atoms with E-state index < -0.39 is 12.2 Å². The third-order valence-corrected chi connectivity index (χ3v) is 5.57. The average Bonchev–Trinajstić information content (AvgIpc) is 2.72. The van der Waals surface area contributed by atoms with Crippen molar-refractivity contribution in [1.29, 1.82) is 0 Å². The van der Waals surface area contributed by atoms with Gasteiger partial charge in [0.15, 0.2) is 0 Å². The number of halogens is 2. The molecule has 1 fully saturated rings. The largest absolute Gasteiger partial charge is 0.453 e. The van der Waals surface area contributed by atoms with Gasteiger partial charge in [-0.15, -0.1) is 0 Å². The first-order valence-electron chi connectivity index (χ1n) is 7.58. The van der Waals surface area contributed by atoms with Crippen LogP contribution in [0.3, 0.4) is 0 Å². The third kappa shape index (κ3) is 7.05. The number of hydrogen-bond donors (Lipinski definition) is 1. The van der Waals surface area contributed by atoms with Crippen molar-refractivity contribution in [3.05, 3.63) is 0 Å². The van der Waals surface area contributed by atoms with E-state index in [0.29, 0.717) is 13.1 Å². The van der Waals surface area contributed by atoms with Gasteiger partial charge in [0.05, 0.1) is 0 Å². The summed E-state index contributed by atoms with van der Waals surface area (Å²) in [5.74, 6) is 0. The van der Waals surface area contributed by atoms with E-state index in [-0.39, 0.29) is 5.41 Å². The summed E-state index contributed by atoms with van der Waals surface area (Å²) >= 11 is 4.80. The molecule has 1 rings (SSSR count). The number of nitrogens with two attached hydrogens (primary N) is 1. The molecule has 2 N–H and O–H groups in total. The van der Waals surface area contributed by atoms with Crippen LogP contribution in [-0.4, -0.2) is 39.0 Å². The highest BCUT2D eigenvalue weighted by molar-refractivity contribution is 14.1. The Labute approximate surface area is 159 Å². The Morgan fingerprint density at radius 2 is 1.73 bits per heavy atom. The van der Waals surface area contributed by atoms with Gasteiger partial charge in [-0.05, 0) is 52.8 Å². The quantitative estimate of drug-likeness (QED) is 0.240. The Morgan fingerprint density at radius 3 is 2.27 bits per heavy atom. The summed E-state index contributed by atoms with van der Waals surface area (Å²) in [5.41, 5.74) is 4.98. The van der Waals surface area contributed by atoms with Crippen LogP contribution < -0.4 is 5.73 Å². The number of primary amides is 1. The molecule has 0 atom stereocenters. The molecule has 2 amide bonds. The molecule has 1 aliphatic rings. The van der Waals surface area contributed by atoms with E-state index in [4.69, 9.17) is 5.73 Å². The number of nitrogens with zero attached hydrogens (tertiary/aromatic N) is 1. The van der Waals surface area contributed by atoms with Crippen molar-refractivity contribution in [2.24, 2.45) is 11.1 Å². The number of likely N-dealkylation sites (tertiary alicyclic amines) is 1. The van der Waals surface area contributed by atoms with E-state index in [1.807, 2.05) is 0 Å². The molecule has 0 aromatic carbocycles. The van der Waals surface area contributed by atoms with Gasteiger partial charge in [-0.3, -0.25) is 0 Å². The zero-order valence-corrected chi connectivity index (χ0v) is 17.0. The van der Waals surface area contributed by atoms with Gasteiger partial charge in [0.1, 0.15) is 0 Å². The van der Waals surface area contributed by atoms with E-state index in [1.165, 1.54) is 0 Å².